The number of halogens is 1. The monoisotopic (exact) mass is 599 g/mol. The van der Waals surface area contributed by atoms with Crippen LogP contribution in [0.15, 0.2) is 71.6 Å². The van der Waals surface area contributed by atoms with Crippen molar-refractivity contribution >= 4 is 27.5 Å². The first-order valence-electron chi connectivity index (χ1n) is 13.3. The number of nitrogens with one attached hydrogen (secondary N) is 1. The summed E-state index contributed by atoms with van der Waals surface area (Å²) in [6, 6.07) is 15.4. The fraction of sp³-hybridized carbons (Fsp3) is 0.355. The number of carbonyl (C=O) groups is 2. The second-order valence-electron chi connectivity index (χ2n) is 10.9. The van der Waals surface area contributed by atoms with Crippen molar-refractivity contribution < 1.29 is 31.9 Å². The van der Waals surface area contributed by atoms with Crippen LogP contribution in [0.25, 0.3) is 0 Å². The van der Waals surface area contributed by atoms with Crippen LogP contribution in [0.1, 0.15) is 38.8 Å². The van der Waals surface area contributed by atoms with Gasteiger partial charge in [-0.2, -0.15) is 0 Å². The molecule has 0 saturated heterocycles. The molecule has 3 aromatic rings. The van der Waals surface area contributed by atoms with Gasteiger partial charge in [-0.05, 0) is 76.6 Å². The van der Waals surface area contributed by atoms with Gasteiger partial charge in [-0.1, -0.05) is 29.8 Å². The Balaban J connectivity index is 2.08. The van der Waals surface area contributed by atoms with E-state index in [2.05, 4.69) is 5.32 Å². The molecule has 11 heteroatoms. The summed E-state index contributed by atoms with van der Waals surface area (Å²) in [6.45, 7) is 8.41. The van der Waals surface area contributed by atoms with E-state index >= 15 is 0 Å². The minimum atomic E-state index is -4.38. The van der Waals surface area contributed by atoms with E-state index in [0.717, 1.165) is 27.6 Å². The lowest BCUT2D eigenvalue weighted by atomic mass is 10.1. The average molecular weight is 600 g/mol. The van der Waals surface area contributed by atoms with E-state index < -0.39 is 39.9 Å². The molecule has 1 atom stereocenters. The molecule has 0 aromatic heterocycles. The molecule has 0 radical (unpaired) electrons. The van der Waals surface area contributed by atoms with Gasteiger partial charge in [-0.3, -0.25) is 13.9 Å². The van der Waals surface area contributed by atoms with E-state index in [1.165, 1.54) is 49.5 Å². The van der Waals surface area contributed by atoms with Gasteiger partial charge in [0.2, 0.25) is 11.8 Å². The molecule has 0 aliphatic carbocycles. The number of benzene rings is 3. The Hall–Kier alpha value is -4.12. The van der Waals surface area contributed by atoms with Crippen LogP contribution in [0, 0.1) is 12.7 Å². The fourth-order valence-electron chi connectivity index (χ4n) is 4.30. The average Bonchev–Trinajstić information content (AvgIpc) is 2.93. The standard InChI is InChI=1S/C31H38FN3O6S/c1-21-9-8-10-23(17-21)19-34(22(2)30(37)33-31(3,4)5)29(36)20-35(25-13-11-24(32)12-14-25)42(38,39)26-15-16-27(40-6)28(18-26)41-7/h8-18,22H,19-20H2,1-7H3,(H,33,37)/t22-/m0/s1. The van der Waals surface area contributed by atoms with E-state index in [-0.39, 0.29) is 28.8 Å². The maximum atomic E-state index is 14.0. The number of ether oxygens (including phenoxy) is 2. The second-order valence-corrected chi connectivity index (χ2v) is 12.8. The SMILES string of the molecule is COc1ccc(S(=O)(=O)N(CC(=O)N(Cc2cccc(C)c2)[C@@H](C)C(=O)NC(C)(C)C)c2ccc(F)cc2)cc1OC. The number of hydrogen-bond donors (Lipinski definition) is 1. The van der Waals surface area contributed by atoms with Gasteiger partial charge in [-0.25, -0.2) is 12.8 Å². The summed E-state index contributed by atoms with van der Waals surface area (Å²) in [4.78, 5) is 28.4. The topological polar surface area (TPSA) is 105 Å². The van der Waals surface area contributed by atoms with Crippen molar-refractivity contribution in [3.8, 4) is 11.5 Å². The molecule has 226 valence electrons. The molecule has 3 aromatic carbocycles. The van der Waals surface area contributed by atoms with E-state index in [4.69, 9.17) is 9.47 Å². The van der Waals surface area contributed by atoms with Crippen LogP contribution in [-0.2, 0) is 26.2 Å². The van der Waals surface area contributed by atoms with Crippen LogP contribution in [0.3, 0.4) is 0 Å². The predicted octanol–water partition coefficient (Wildman–Crippen LogP) is 4.68. The lowest BCUT2D eigenvalue weighted by Crippen LogP contribution is -2.54. The van der Waals surface area contributed by atoms with Crippen molar-refractivity contribution in [2.45, 2.75) is 57.6 Å². The highest BCUT2D eigenvalue weighted by Gasteiger charge is 2.34. The van der Waals surface area contributed by atoms with Crippen molar-refractivity contribution in [3.05, 3.63) is 83.7 Å². The van der Waals surface area contributed by atoms with Gasteiger partial charge in [0, 0.05) is 18.2 Å². The molecule has 2 amide bonds. The van der Waals surface area contributed by atoms with Crippen LogP contribution in [0.2, 0.25) is 0 Å². The number of sulfonamides is 1. The fourth-order valence-corrected chi connectivity index (χ4v) is 5.73. The number of carbonyl (C=O) groups excluding carboxylic acids is 2. The third-order valence-electron chi connectivity index (χ3n) is 6.44. The molecule has 0 aliphatic heterocycles. The number of rotatable bonds is 11. The van der Waals surface area contributed by atoms with Crippen molar-refractivity contribution in [2.75, 3.05) is 25.1 Å². The van der Waals surface area contributed by atoms with Crippen molar-refractivity contribution in [2.24, 2.45) is 0 Å². The number of anilines is 1. The quantitative estimate of drug-likeness (QED) is 0.343. The van der Waals surface area contributed by atoms with Crippen molar-refractivity contribution in [3.63, 3.8) is 0 Å². The summed E-state index contributed by atoms with van der Waals surface area (Å²) in [5.41, 5.74) is 1.26. The number of aryl methyl sites for hydroxylation is 1. The molecule has 3 rings (SSSR count). The Morgan fingerprint density at radius 1 is 0.952 bits per heavy atom. The largest absolute Gasteiger partial charge is 0.493 e. The molecule has 0 aliphatic rings. The van der Waals surface area contributed by atoms with E-state index in [9.17, 15) is 22.4 Å². The van der Waals surface area contributed by atoms with Crippen LogP contribution < -0.4 is 19.1 Å². The summed E-state index contributed by atoms with van der Waals surface area (Å²) < 4.78 is 53.3. The zero-order chi connectivity index (χ0) is 31.2. The van der Waals surface area contributed by atoms with Gasteiger partial charge < -0.3 is 19.7 Å². The highest BCUT2D eigenvalue weighted by Crippen LogP contribution is 2.32. The summed E-state index contributed by atoms with van der Waals surface area (Å²) in [5, 5.41) is 2.89. The lowest BCUT2D eigenvalue weighted by Gasteiger charge is -2.33. The van der Waals surface area contributed by atoms with E-state index in [0.29, 0.717) is 5.75 Å². The number of nitrogens with zero attached hydrogens (tertiary/aromatic N) is 2. The summed E-state index contributed by atoms with van der Waals surface area (Å²) in [5.74, 6) is -1.08. The minimum absolute atomic E-state index is 0.0624. The Bertz CT molecular complexity index is 1520. The first-order valence-corrected chi connectivity index (χ1v) is 14.8. The van der Waals surface area contributed by atoms with Crippen LogP contribution in [0.4, 0.5) is 10.1 Å². The third kappa shape index (κ3) is 8.00. The van der Waals surface area contributed by atoms with Crippen molar-refractivity contribution in [1.29, 1.82) is 0 Å². The molecule has 0 spiro atoms. The van der Waals surface area contributed by atoms with Crippen molar-refractivity contribution in [1.82, 2.24) is 10.2 Å². The zero-order valence-electron chi connectivity index (χ0n) is 25.0. The second kappa shape index (κ2) is 13.2. The van der Waals surface area contributed by atoms with Crippen LogP contribution in [0.5, 0.6) is 11.5 Å². The third-order valence-corrected chi connectivity index (χ3v) is 8.21. The Morgan fingerprint density at radius 3 is 2.17 bits per heavy atom. The summed E-state index contributed by atoms with van der Waals surface area (Å²) in [7, 11) is -1.58. The summed E-state index contributed by atoms with van der Waals surface area (Å²) >= 11 is 0. The predicted molar refractivity (Wildman–Crippen MR) is 160 cm³/mol. The van der Waals surface area contributed by atoms with Gasteiger partial charge in [0.25, 0.3) is 10.0 Å². The van der Waals surface area contributed by atoms with Gasteiger partial charge in [0.1, 0.15) is 18.4 Å². The first-order chi connectivity index (χ1) is 19.7. The first kappa shape index (κ1) is 32.4. The van der Waals surface area contributed by atoms with Gasteiger partial charge in [0.05, 0.1) is 24.8 Å². The number of hydrogen-bond acceptors (Lipinski definition) is 6. The molecule has 0 heterocycles. The maximum absolute atomic E-state index is 14.0. The summed E-state index contributed by atoms with van der Waals surface area (Å²) in [6.07, 6.45) is 0. The molecule has 0 fully saturated rings. The molecule has 0 bridgehead atoms. The highest BCUT2D eigenvalue weighted by atomic mass is 32.2. The lowest BCUT2D eigenvalue weighted by molar-refractivity contribution is -0.140. The highest BCUT2D eigenvalue weighted by molar-refractivity contribution is 7.92. The minimum Gasteiger partial charge on any atom is -0.493 e. The van der Waals surface area contributed by atoms with Gasteiger partial charge in [-0.15, -0.1) is 0 Å². The van der Waals surface area contributed by atoms with E-state index in [1.54, 1.807) is 6.92 Å². The van der Waals surface area contributed by atoms with E-state index in [1.807, 2.05) is 52.0 Å². The Labute approximate surface area is 247 Å². The van der Waals surface area contributed by atoms with Crippen LogP contribution in [-0.4, -0.2) is 57.5 Å². The van der Waals surface area contributed by atoms with Gasteiger partial charge >= 0.3 is 0 Å². The molecule has 42 heavy (non-hydrogen) atoms. The molecule has 1 N–H and O–H groups in total. The molecular weight excluding hydrogens is 561 g/mol. The van der Waals surface area contributed by atoms with Crippen LogP contribution >= 0.6 is 0 Å². The molecule has 9 nitrogen and oxygen atoms in total. The smallest absolute Gasteiger partial charge is 0.264 e. The number of amides is 2. The normalized spacial score (nSPS) is 12.3. The number of methoxy groups -OCH3 is 2. The zero-order valence-corrected chi connectivity index (χ0v) is 25.8. The maximum Gasteiger partial charge on any atom is 0.264 e. The van der Waals surface area contributed by atoms with Gasteiger partial charge in [0.15, 0.2) is 11.5 Å². The molecule has 0 saturated carbocycles. The molecular formula is C31H38FN3O6S. The molecule has 0 unspecified atom stereocenters. The Kier molecular flexibility index (Phi) is 10.2. The Morgan fingerprint density at radius 2 is 1.60 bits per heavy atom.